The van der Waals surface area contributed by atoms with Crippen LogP contribution in [0.1, 0.15) is 29.5 Å². The molecule has 0 aliphatic rings. The Bertz CT molecular complexity index is 894. The van der Waals surface area contributed by atoms with Crippen molar-refractivity contribution in [3.63, 3.8) is 0 Å². The zero-order valence-corrected chi connectivity index (χ0v) is 18.9. The van der Waals surface area contributed by atoms with Gasteiger partial charge >= 0.3 is 0 Å². The molecule has 3 nitrogen and oxygen atoms in total. The van der Waals surface area contributed by atoms with Crippen molar-refractivity contribution < 1.29 is 26.9 Å². The summed E-state index contributed by atoms with van der Waals surface area (Å²) in [6.07, 6.45) is 0. The van der Waals surface area contributed by atoms with Gasteiger partial charge in [-0.3, -0.25) is 0 Å². The minimum Gasteiger partial charge on any atom is -0.338 e. The number of thiol groups is 1. The molecule has 0 N–H and O–H groups in total. The summed E-state index contributed by atoms with van der Waals surface area (Å²) < 4.78 is 5.57. The van der Waals surface area contributed by atoms with Crippen molar-refractivity contribution in [1.29, 1.82) is 0 Å². The van der Waals surface area contributed by atoms with Crippen LogP contribution in [-0.2, 0) is 27.5 Å². The second kappa shape index (κ2) is 7.96. The first kappa shape index (κ1) is 20.7. The minimum atomic E-state index is -0.494. The maximum Gasteiger partial charge on any atom is 0.241 e. The summed E-state index contributed by atoms with van der Waals surface area (Å²) in [4.78, 5) is 5.54. The number of benzene rings is 2. The minimum absolute atomic E-state index is 0. The van der Waals surface area contributed by atoms with E-state index in [0.29, 0.717) is 16.7 Å². The Balaban J connectivity index is 0.00000225. The molecule has 2 aromatic carbocycles. The molecule has 0 aliphatic carbocycles. The van der Waals surface area contributed by atoms with Crippen molar-refractivity contribution in [2.24, 2.45) is 0 Å². The summed E-state index contributed by atoms with van der Waals surface area (Å²) >= 11 is 10.7. The molecular formula is C18H18AuClN2OPS. The van der Waals surface area contributed by atoms with Crippen LogP contribution < -0.4 is 0 Å². The standard InChI is InChI=1S/C18H18ClN2OPS.Au/c1-10-5-4-6-14(19)15(10)16-20-17(22-21-16)18(3,23)13-8-7-12(24)9-11(13)2;/h4-9,24H,23H2,1-3H3;. The summed E-state index contributed by atoms with van der Waals surface area (Å²) in [5.74, 6) is 1.03. The van der Waals surface area contributed by atoms with E-state index in [0.717, 1.165) is 27.1 Å². The van der Waals surface area contributed by atoms with Crippen molar-refractivity contribution in [2.45, 2.75) is 30.8 Å². The maximum atomic E-state index is 6.31. The molecule has 0 saturated carbocycles. The molecule has 7 heteroatoms. The Labute approximate surface area is 176 Å². The molecule has 0 spiro atoms. The van der Waals surface area contributed by atoms with E-state index in [1.165, 1.54) is 0 Å². The van der Waals surface area contributed by atoms with Crippen LogP contribution in [0.3, 0.4) is 0 Å². The Hall–Kier alpha value is -0.610. The van der Waals surface area contributed by atoms with Gasteiger partial charge in [0, 0.05) is 32.8 Å². The van der Waals surface area contributed by atoms with Gasteiger partial charge in [0.15, 0.2) is 0 Å². The molecule has 1 heterocycles. The molecule has 25 heavy (non-hydrogen) atoms. The second-order valence-electron chi connectivity index (χ2n) is 6.06. The first-order valence-corrected chi connectivity index (χ1v) is 8.89. The fourth-order valence-electron chi connectivity index (χ4n) is 2.80. The third kappa shape index (κ3) is 4.05. The predicted molar refractivity (Wildman–Crippen MR) is 104 cm³/mol. The van der Waals surface area contributed by atoms with E-state index < -0.39 is 5.16 Å². The number of halogens is 1. The van der Waals surface area contributed by atoms with E-state index in [-0.39, 0.29) is 22.4 Å². The molecule has 0 aliphatic heterocycles. The Morgan fingerprint density at radius 1 is 1.16 bits per heavy atom. The van der Waals surface area contributed by atoms with E-state index in [4.69, 9.17) is 16.1 Å². The van der Waals surface area contributed by atoms with Crippen LogP contribution in [-0.4, -0.2) is 10.1 Å². The van der Waals surface area contributed by atoms with E-state index >= 15 is 0 Å². The van der Waals surface area contributed by atoms with Gasteiger partial charge in [-0.15, -0.1) is 21.9 Å². The van der Waals surface area contributed by atoms with Crippen LogP contribution in [0.15, 0.2) is 45.8 Å². The molecule has 135 valence electrons. The van der Waals surface area contributed by atoms with Crippen LogP contribution >= 0.6 is 33.5 Å². The average Bonchev–Trinajstić information content (AvgIpc) is 2.97. The second-order valence-corrected chi connectivity index (χ2v) is 8.13. The number of hydrogen-bond acceptors (Lipinski definition) is 4. The zero-order valence-electron chi connectivity index (χ0n) is 14.0. The van der Waals surface area contributed by atoms with Gasteiger partial charge in [0.25, 0.3) is 0 Å². The first-order valence-electron chi connectivity index (χ1n) is 7.49. The summed E-state index contributed by atoms with van der Waals surface area (Å²) in [6.45, 7) is 6.06. The number of nitrogens with zero attached hydrogens (tertiary/aromatic N) is 2. The van der Waals surface area contributed by atoms with Crippen LogP contribution in [0.5, 0.6) is 0 Å². The third-order valence-corrected chi connectivity index (χ3v) is 5.24. The summed E-state index contributed by atoms with van der Waals surface area (Å²) in [5.41, 5.74) is 4.03. The average molecular weight is 574 g/mol. The van der Waals surface area contributed by atoms with E-state index in [2.05, 4.69) is 32.0 Å². The van der Waals surface area contributed by atoms with Crippen molar-refractivity contribution in [2.75, 3.05) is 0 Å². The first-order chi connectivity index (χ1) is 11.3. The van der Waals surface area contributed by atoms with Gasteiger partial charge in [-0.2, -0.15) is 4.98 Å². The van der Waals surface area contributed by atoms with Crippen molar-refractivity contribution >= 4 is 33.5 Å². The topological polar surface area (TPSA) is 38.9 Å². The van der Waals surface area contributed by atoms with Crippen LogP contribution in [0.2, 0.25) is 5.02 Å². The van der Waals surface area contributed by atoms with E-state index in [1.54, 1.807) is 0 Å². The molecule has 2 atom stereocenters. The number of rotatable bonds is 3. The summed E-state index contributed by atoms with van der Waals surface area (Å²) in [6, 6.07) is 11.7. The number of aromatic nitrogens is 2. The van der Waals surface area contributed by atoms with Crippen LogP contribution in [0, 0.1) is 13.8 Å². The quantitative estimate of drug-likeness (QED) is 0.258. The van der Waals surface area contributed by atoms with Gasteiger partial charge in [-0.25, -0.2) is 0 Å². The van der Waals surface area contributed by atoms with Crippen molar-refractivity contribution in [3.05, 3.63) is 64.0 Å². The Morgan fingerprint density at radius 2 is 1.88 bits per heavy atom. The monoisotopic (exact) mass is 573 g/mol. The third-order valence-electron chi connectivity index (χ3n) is 4.09. The molecule has 0 saturated heterocycles. The zero-order chi connectivity index (χ0) is 17.5. The maximum absolute atomic E-state index is 6.31. The predicted octanol–water partition coefficient (Wildman–Crippen LogP) is 5.43. The van der Waals surface area contributed by atoms with Crippen LogP contribution in [0.4, 0.5) is 0 Å². The summed E-state index contributed by atoms with van der Waals surface area (Å²) in [5, 5.41) is 4.27. The van der Waals surface area contributed by atoms with Crippen molar-refractivity contribution in [3.8, 4) is 11.4 Å². The molecule has 3 aromatic rings. The number of aryl methyl sites for hydroxylation is 2. The molecule has 1 aromatic heterocycles. The molecule has 0 fully saturated rings. The normalized spacial score (nSPS) is 13.2. The van der Waals surface area contributed by atoms with Crippen LogP contribution in [0.25, 0.3) is 11.4 Å². The fourth-order valence-corrected chi connectivity index (χ4v) is 3.81. The fraction of sp³-hybridized carbons (Fsp3) is 0.222. The van der Waals surface area contributed by atoms with Gasteiger partial charge in [0.05, 0.1) is 10.2 Å². The van der Waals surface area contributed by atoms with Gasteiger partial charge < -0.3 is 4.52 Å². The SMILES string of the molecule is Cc1cc(S)ccc1C(C)(P)c1nc(-c2c(C)cccc2Cl)no1.[Au]. The van der Waals surface area contributed by atoms with Gasteiger partial charge in [0.1, 0.15) is 0 Å². The van der Waals surface area contributed by atoms with Gasteiger partial charge in [0.2, 0.25) is 11.7 Å². The molecule has 3 rings (SSSR count). The Kier molecular flexibility index (Phi) is 6.59. The molecule has 2 unspecified atom stereocenters. The van der Waals surface area contributed by atoms with Gasteiger partial charge in [-0.05, 0) is 55.7 Å². The molecule has 0 amide bonds. The largest absolute Gasteiger partial charge is 0.338 e. The molecular weight excluding hydrogens is 556 g/mol. The van der Waals surface area contributed by atoms with E-state index in [1.807, 2.05) is 57.2 Å². The smallest absolute Gasteiger partial charge is 0.241 e. The summed E-state index contributed by atoms with van der Waals surface area (Å²) in [7, 11) is 2.82. The van der Waals surface area contributed by atoms with E-state index in [9.17, 15) is 0 Å². The molecule has 0 bridgehead atoms. The van der Waals surface area contributed by atoms with Crippen molar-refractivity contribution in [1.82, 2.24) is 10.1 Å². The van der Waals surface area contributed by atoms with Gasteiger partial charge in [-0.1, -0.05) is 35.0 Å². The number of hydrogen-bond donors (Lipinski definition) is 1. The Morgan fingerprint density at radius 3 is 2.52 bits per heavy atom. The molecule has 1 radical (unpaired) electrons.